The van der Waals surface area contributed by atoms with Crippen molar-refractivity contribution in [1.82, 2.24) is 20.4 Å². The Morgan fingerprint density at radius 3 is 2.96 bits per heavy atom. The summed E-state index contributed by atoms with van der Waals surface area (Å²) in [6.45, 7) is 2.52. The largest absolute Gasteiger partial charge is 0.496 e. The van der Waals surface area contributed by atoms with Gasteiger partial charge >= 0.3 is 0 Å². The minimum absolute atomic E-state index is 0. The Bertz CT molecular complexity index is 723. The topological polar surface area (TPSA) is 107 Å². The van der Waals surface area contributed by atoms with Gasteiger partial charge in [0.25, 0.3) is 11.6 Å². The predicted octanol–water partition coefficient (Wildman–Crippen LogP) is 1.65. The van der Waals surface area contributed by atoms with Gasteiger partial charge in [0.05, 0.1) is 23.6 Å². The van der Waals surface area contributed by atoms with Gasteiger partial charge in [0, 0.05) is 31.8 Å². The quantitative estimate of drug-likeness (QED) is 0.651. The number of nitro groups is 1. The van der Waals surface area contributed by atoms with Gasteiger partial charge in [-0.2, -0.15) is 4.98 Å². The van der Waals surface area contributed by atoms with Crippen LogP contribution in [0.5, 0.6) is 5.75 Å². The number of benzene rings is 1. The van der Waals surface area contributed by atoms with Crippen molar-refractivity contribution in [2.75, 3.05) is 33.8 Å². The van der Waals surface area contributed by atoms with Gasteiger partial charge in [0.1, 0.15) is 5.75 Å². The molecule has 0 aliphatic carbocycles. The molecular formula is C14H18ClN5O4. The van der Waals surface area contributed by atoms with Gasteiger partial charge in [-0.15, -0.1) is 12.4 Å². The van der Waals surface area contributed by atoms with Crippen LogP contribution in [0.2, 0.25) is 0 Å². The van der Waals surface area contributed by atoms with Crippen molar-refractivity contribution in [3.63, 3.8) is 0 Å². The van der Waals surface area contributed by atoms with Crippen molar-refractivity contribution in [2.45, 2.75) is 6.04 Å². The van der Waals surface area contributed by atoms with Crippen LogP contribution in [0.15, 0.2) is 22.7 Å². The lowest BCUT2D eigenvalue weighted by molar-refractivity contribution is -0.384. The summed E-state index contributed by atoms with van der Waals surface area (Å²) in [6.07, 6.45) is 0. The maximum absolute atomic E-state index is 11.0. The number of piperazine rings is 1. The van der Waals surface area contributed by atoms with Gasteiger partial charge in [-0.1, -0.05) is 5.16 Å². The number of nitro benzene ring substituents is 1. The zero-order chi connectivity index (χ0) is 16.4. The van der Waals surface area contributed by atoms with Crippen LogP contribution in [0.1, 0.15) is 11.9 Å². The molecule has 9 nitrogen and oxygen atoms in total. The molecule has 1 aliphatic heterocycles. The van der Waals surface area contributed by atoms with E-state index in [0.29, 0.717) is 17.1 Å². The molecule has 0 bridgehead atoms. The Hall–Kier alpha value is -2.23. The Balaban J connectivity index is 0.00000208. The number of halogens is 1. The zero-order valence-electron chi connectivity index (χ0n) is 13.3. The van der Waals surface area contributed by atoms with Crippen molar-refractivity contribution in [2.24, 2.45) is 0 Å². The SMILES string of the molecule is COc1ccc([N+](=O)[O-])cc1-c1nc(C2CNCCN2C)no1.Cl. The minimum Gasteiger partial charge on any atom is -0.496 e. The van der Waals surface area contributed by atoms with E-state index < -0.39 is 4.92 Å². The molecule has 1 fully saturated rings. The maximum Gasteiger partial charge on any atom is 0.270 e. The molecule has 0 spiro atoms. The summed E-state index contributed by atoms with van der Waals surface area (Å²) in [7, 11) is 3.48. The normalized spacial score (nSPS) is 18.0. The molecule has 1 aliphatic rings. The number of likely N-dealkylation sites (N-methyl/N-ethyl adjacent to an activating group) is 1. The summed E-state index contributed by atoms with van der Waals surface area (Å²) in [5.41, 5.74) is 0.351. The van der Waals surface area contributed by atoms with Gasteiger partial charge in [-0.05, 0) is 13.1 Å². The van der Waals surface area contributed by atoms with Crippen molar-refractivity contribution in [3.05, 3.63) is 34.1 Å². The number of ether oxygens (including phenoxy) is 1. The highest BCUT2D eigenvalue weighted by Crippen LogP contribution is 2.33. The number of hydrogen-bond donors (Lipinski definition) is 1. The minimum atomic E-state index is -0.473. The summed E-state index contributed by atoms with van der Waals surface area (Å²) in [5.74, 6) is 1.20. The van der Waals surface area contributed by atoms with Crippen LogP contribution < -0.4 is 10.1 Å². The van der Waals surface area contributed by atoms with E-state index in [-0.39, 0.29) is 30.0 Å². The number of nitrogens with one attached hydrogen (secondary N) is 1. The molecule has 0 amide bonds. The summed E-state index contributed by atoms with van der Waals surface area (Å²) < 4.78 is 10.5. The van der Waals surface area contributed by atoms with Gasteiger partial charge < -0.3 is 14.6 Å². The smallest absolute Gasteiger partial charge is 0.270 e. The van der Waals surface area contributed by atoms with Crippen molar-refractivity contribution < 1.29 is 14.2 Å². The molecule has 1 saturated heterocycles. The first kappa shape index (κ1) is 18.1. The maximum atomic E-state index is 11.0. The molecule has 130 valence electrons. The van der Waals surface area contributed by atoms with E-state index in [1.54, 1.807) is 0 Å². The van der Waals surface area contributed by atoms with Gasteiger partial charge in [-0.25, -0.2) is 0 Å². The molecule has 2 heterocycles. The fourth-order valence-corrected chi connectivity index (χ4v) is 2.55. The molecule has 1 unspecified atom stereocenters. The first-order valence-corrected chi connectivity index (χ1v) is 7.17. The fraction of sp³-hybridized carbons (Fsp3) is 0.429. The van der Waals surface area contributed by atoms with E-state index in [0.717, 1.165) is 19.6 Å². The number of nitrogens with zero attached hydrogens (tertiary/aromatic N) is 4. The molecule has 1 aromatic heterocycles. The highest BCUT2D eigenvalue weighted by Gasteiger charge is 2.26. The molecule has 10 heteroatoms. The van der Waals surface area contributed by atoms with Crippen molar-refractivity contribution >= 4 is 18.1 Å². The summed E-state index contributed by atoms with van der Waals surface area (Å²) in [4.78, 5) is 17.0. The number of methoxy groups -OCH3 is 1. The third-order valence-electron chi connectivity index (χ3n) is 3.88. The lowest BCUT2D eigenvalue weighted by Crippen LogP contribution is -2.44. The van der Waals surface area contributed by atoms with Crippen molar-refractivity contribution in [3.8, 4) is 17.2 Å². The van der Waals surface area contributed by atoms with Gasteiger partial charge in [0.15, 0.2) is 5.82 Å². The van der Waals surface area contributed by atoms with Gasteiger partial charge in [-0.3, -0.25) is 15.0 Å². The molecule has 24 heavy (non-hydrogen) atoms. The third kappa shape index (κ3) is 3.48. The summed E-state index contributed by atoms with van der Waals surface area (Å²) in [6, 6.07) is 4.27. The summed E-state index contributed by atoms with van der Waals surface area (Å²) >= 11 is 0. The average molecular weight is 356 g/mol. The van der Waals surface area contributed by atoms with E-state index in [9.17, 15) is 10.1 Å². The standard InChI is InChI=1S/C14H17N5O4.ClH/c1-18-6-5-15-8-11(18)13-16-14(23-17-13)10-7-9(19(20)21)3-4-12(10)22-2;/h3-4,7,11,15H,5-6,8H2,1-2H3;1H. The summed E-state index contributed by atoms with van der Waals surface area (Å²) in [5, 5.41) is 18.3. The number of non-ortho nitro benzene ring substituents is 1. The van der Waals surface area contributed by atoms with Crippen LogP contribution in [-0.2, 0) is 0 Å². The molecule has 1 aromatic carbocycles. The van der Waals surface area contributed by atoms with E-state index in [1.165, 1.54) is 25.3 Å². The van der Waals surface area contributed by atoms with Crippen LogP contribution in [-0.4, -0.2) is 53.8 Å². The Labute approximate surface area is 144 Å². The first-order valence-electron chi connectivity index (χ1n) is 7.17. The predicted molar refractivity (Wildman–Crippen MR) is 88.4 cm³/mol. The van der Waals surface area contributed by atoms with Crippen LogP contribution in [0.3, 0.4) is 0 Å². The lowest BCUT2D eigenvalue weighted by atomic mass is 10.1. The van der Waals surface area contributed by atoms with E-state index in [4.69, 9.17) is 9.26 Å². The van der Waals surface area contributed by atoms with E-state index in [1.807, 2.05) is 7.05 Å². The Morgan fingerprint density at radius 1 is 1.50 bits per heavy atom. The lowest BCUT2D eigenvalue weighted by Gasteiger charge is -2.30. The third-order valence-corrected chi connectivity index (χ3v) is 3.88. The molecule has 3 rings (SSSR count). The Kier molecular flexibility index (Phi) is 5.71. The van der Waals surface area contributed by atoms with Gasteiger partial charge in [0.2, 0.25) is 0 Å². The average Bonchev–Trinajstić information content (AvgIpc) is 3.04. The number of rotatable bonds is 4. The van der Waals surface area contributed by atoms with Crippen molar-refractivity contribution in [1.29, 1.82) is 0 Å². The van der Waals surface area contributed by atoms with E-state index >= 15 is 0 Å². The molecular weight excluding hydrogens is 338 g/mol. The first-order chi connectivity index (χ1) is 11.1. The monoisotopic (exact) mass is 355 g/mol. The highest BCUT2D eigenvalue weighted by molar-refractivity contribution is 5.85. The fourth-order valence-electron chi connectivity index (χ4n) is 2.55. The molecule has 1 N–H and O–H groups in total. The Morgan fingerprint density at radius 2 is 2.29 bits per heavy atom. The van der Waals surface area contributed by atoms with E-state index in [2.05, 4.69) is 20.4 Å². The molecule has 0 radical (unpaired) electrons. The second-order valence-corrected chi connectivity index (χ2v) is 5.30. The number of hydrogen-bond acceptors (Lipinski definition) is 8. The molecule has 0 saturated carbocycles. The molecule has 2 aromatic rings. The van der Waals surface area contributed by atoms with Crippen LogP contribution in [0.25, 0.3) is 11.5 Å². The molecule has 1 atom stereocenters. The van der Waals surface area contributed by atoms with Crippen LogP contribution >= 0.6 is 12.4 Å². The zero-order valence-corrected chi connectivity index (χ0v) is 14.1. The number of aromatic nitrogens is 2. The van der Waals surface area contributed by atoms with Crippen LogP contribution in [0.4, 0.5) is 5.69 Å². The van der Waals surface area contributed by atoms with Crippen LogP contribution in [0, 0.1) is 10.1 Å². The second kappa shape index (κ2) is 7.56. The second-order valence-electron chi connectivity index (χ2n) is 5.30. The highest BCUT2D eigenvalue weighted by atomic mass is 35.5.